The van der Waals surface area contributed by atoms with Crippen molar-refractivity contribution in [1.82, 2.24) is 0 Å². The lowest BCUT2D eigenvalue weighted by atomic mass is 10.0. The number of rotatable bonds is 9. The van der Waals surface area contributed by atoms with Gasteiger partial charge in [0, 0.05) is 7.11 Å². The molecule has 6 heteroatoms. The zero-order valence-electron chi connectivity index (χ0n) is 12.3. The van der Waals surface area contributed by atoms with Gasteiger partial charge >= 0.3 is 0 Å². The third kappa shape index (κ3) is 5.90. The highest BCUT2D eigenvalue weighted by Gasteiger charge is 2.14. The molecule has 0 amide bonds. The first-order chi connectivity index (χ1) is 9.46. The maximum Gasteiger partial charge on any atom is 0.235 e. The summed E-state index contributed by atoms with van der Waals surface area (Å²) in [7, 11) is -1.82. The Morgan fingerprint density at radius 3 is 2.50 bits per heavy atom. The molecule has 0 spiro atoms. The molecule has 0 saturated carbocycles. The molecule has 0 aliphatic heterocycles. The number of benzene rings is 1. The van der Waals surface area contributed by atoms with Crippen LogP contribution in [0.25, 0.3) is 0 Å². The Hall–Kier alpha value is -1.11. The van der Waals surface area contributed by atoms with Crippen molar-refractivity contribution in [2.45, 2.75) is 19.8 Å². The molecule has 0 heterocycles. The zero-order chi connectivity index (χ0) is 15.0. The maximum atomic E-state index is 12.0. The molecule has 0 aliphatic rings. The van der Waals surface area contributed by atoms with Gasteiger partial charge in [-0.3, -0.25) is 4.72 Å². The highest BCUT2D eigenvalue weighted by molar-refractivity contribution is 7.92. The van der Waals surface area contributed by atoms with E-state index >= 15 is 0 Å². The molecule has 0 radical (unpaired) electrons. The minimum absolute atomic E-state index is 0.0663. The van der Waals surface area contributed by atoms with Crippen LogP contribution in [-0.4, -0.2) is 41.1 Å². The van der Waals surface area contributed by atoms with Gasteiger partial charge in [-0.15, -0.1) is 0 Å². The molecule has 1 N–H and O–H groups in total. The summed E-state index contributed by atoms with van der Waals surface area (Å²) in [4.78, 5) is 0. The topological polar surface area (TPSA) is 64.6 Å². The predicted molar refractivity (Wildman–Crippen MR) is 80.6 cm³/mol. The van der Waals surface area contributed by atoms with E-state index in [1.165, 1.54) is 0 Å². The van der Waals surface area contributed by atoms with Crippen molar-refractivity contribution in [2.24, 2.45) is 0 Å². The van der Waals surface area contributed by atoms with E-state index in [9.17, 15) is 8.42 Å². The molecule has 20 heavy (non-hydrogen) atoms. The Morgan fingerprint density at radius 1 is 1.15 bits per heavy atom. The molecule has 1 aromatic carbocycles. The molecule has 0 unspecified atom stereocenters. The first-order valence-corrected chi connectivity index (χ1v) is 8.27. The molecule has 0 bridgehead atoms. The second-order valence-electron chi connectivity index (χ2n) is 4.77. The fourth-order valence-electron chi connectivity index (χ4n) is 1.72. The van der Waals surface area contributed by atoms with E-state index in [-0.39, 0.29) is 18.3 Å². The van der Waals surface area contributed by atoms with E-state index in [1.54, 1.807) is 13.2 Å². The van der Waals surface area contributed by atoms with Crippen LogP contribution < -0.4 is 4.72 Å². The van der Waals surface area contributed by atoms with Crippen molar-refractivity contribution in [3.05, 3.63) is 29.8 Å². The second-order valence-corrected chi connectivity index (χ2v) is 6.61. The summed E-state index contributed by atoms with van der Waals surface area (Å²) in [6, 6.07) is 7.43. The van der Waals surface area contributed by atoms with Gasteiger partial charge in [0.15, 0.2) is 0 Å². The summed E-state index contributed by atoms with van der Waals surface area (Å²) in [5.41, 5.74) is 1.62. The van der Waals surface area contributed by atoms with E-state index in [0.717, 1.165) is 5.56 Å². The largest absolute Gasteiger partial charge is 0.382 e. The summed E-state index contributed by atoms with van der Waals surface area (Å²) in [6.45, 7) is 5.07. The van der Waals surface area contributed by atoms with E-state index in [0.29, 0.717) is 18.9 Å². The number of ether oxygens (including phenoxy) is 2. The third-order valence-corrected chi connectivity index (χ3v) is 4.01. The van der Waals surface area contributed by atoms with Gasteiger partial charge in [0.25, 0.3) is 0 Å². The van der Waals surface area contributed by atoms with Gasteiger partial charge in [-0.25, -0.2) is 8.42 Å². The Morgan fingerprint density at radius 2 is 1.85 bits per heavy atom. The van der Waals surface area contributed by atoms with Gasteiger partial charge < -0.3 is 9.47 Å². The minimum atomic E-state index is -3.39. The zero-order valence-corrected chi connectivity index (χ0v) is 13.1. The van der Waals surface area contributed by atoms with Gasteiger partial charge in [-0.05, 0) is 17.5 Å². The van der Waals surface area contributed by atoms with Gasteiger partial charge in [0.05, 0.1) is 31.3 Å². The number of sulfonamides is 1. The van der Waals surface area contributed by atoms with Crippen LogP contribution in [0.2, 0.25) is 0 Å². The summed E-state index contributed by atoms with van der Waals surface area (Å²) in [6.07, 6.45) is 0. The highest BCUT2D eigenvalue weighted by Crippen LogP contribution is 2.24. The van der Waals surface area contributed by atoms with Crippen LogP contribution in [0.5, 0.6) is 0 Å². The van der Waals surface area contributed by atoms with Crippen LogP contribution in [0.1, 0.15) is 25.3 Å². The number of nitrogens with one attached hydrogen (secondary N) is 1. The van der Waals surface area contributed by atoms with Crippen molar-refractivity contribution >= 4 is 15.7 Å². The Bertz CT molecular complexity index is 500. The second kappa shape index (κ2) is 8.24. The number of methoxy groups -OCH3 is 1. The van der Waals surface area contributed by atoms with Crippen LogP contribution in [0.15, 0.2) is 24.3 Å². The average molecular weight is 301 g/mol. The summed E-state index contributed by atoms with van der Waals surface area (Å²) < 4.78 is 36.6. The lowest BCUT2D eigenvalue weighted by Crippen LogP contribution is -2.21. The van der Waals surface area contributed by atoms with Crippen LogP contribution in [-0.2, 0) is 19.5 Å². The van der Waals surface area contributed by atoms with Gasteiger partial charge in [0.2, 0.25) is 10.0 Å². The van der Waals surface area contributed by atoms with E-state index in [4.69, 9.17) is 9.47 Å². The lowest BCUT2D eigenvalue weighted by molar-refractivity contribution is 0.0785. The standard InChI is InChI=1S/C14H23NO4S/c1-12(2)13-6-4-5-7-14(13)15-20(16,17)11-10-19-9-8-18-3/h4-7,12,15H,8-11H2,1-3H3. The molecule has 5 nitrogen and oxygen atoms in total. The first kappa shape index (κ1) is 16.9. The van der Waals surface area contributed by atoms with Crippen molar-refractivity contribution in [3.63, 3.8) is 0 Å². The quantitative estimate of drug-likeness (QED) is 0.710. The highest BCUT2D eigenvalue weighted by atomic mass is 32.2. The monoisotopic (exact) mass is 301 g/mol. The van der Waals surface area contributed by atoms with Gasteiger partial charge in [0.1, 0.15) is 0 Å². The van der Waals surface area contributed by atoms with Gasteiger partial charge in [-0.1, -0.05) is 32.0 Å². The fourth-order valence-corrected chi connectivity index (χ4v) is 2.69. The summed E-state index contributed by atoms with van der Waals surface area (Å²) in [5, 5.41) is 0. The minimum Gasteiger partial charge on any atom is -0.382 e. The Labute approximate surface area is 121 Å². The Balaban J connectivity index is 2.58. The molecule has 0 aliphatic carbocycles. The molecule has 1 aromatic rings. The Kier molecular flexibility index (Phi) is 6.98. The molecule has 0 fully saturated rings. The third-order valence-electron chi connectivity index (χ3n) is 2.78. The first-order valence-electron chi connectivity index (χ1n) is 6.62. The summed E-state index contributed by atoms with van der Waals surface area (Å²) in [5.74, 6) is 0.190. The van der Waals surface area contributed by atoms with Crippen LogP contribution in [0.4, 0.5) is 5.69 Å². The van der Waals surface area contributed by atoms with E-state index < -0.39 is 10.0 Å². The fraction of sp³-hybridized carbons (Fsp3) is 0.571. The average Bonchev–Trinajstić information content (AvgIpc) is 2.38. The SMILES string of the molecule is COCCOCCS(=O)(=O)Nc1ccccc1C(C)C. The number of anilines is 1. The number of hydrogen-bond donors (Lipinski definition) is 1. The number of hydrogen-bond acceptors (Lipinski definition) is 4. The maximum absolute atomic E-state index is 12.0. The predicted octanol–water partition coefficient (Wildman–Crippen LogP) is 2.21. The molecule has 0 aromatic heterocycles. The van der Waals surface area contributed by atoms with Crippen LogP contribution in [0, 0.1) is 0 Å². The molecular weight excluding hydrogens is 278 g/mol. The van der Waals surface area contributed by atoms with Gasteiger partial charge in [-0.2, -0.15) is 0 Å². The van der Waals surface area contributed by atoms with Crippen molar-refractivity contribution < 1.29 is 17.9 Å². The molecule has 0 atom stereocenters. The molecular formula is C14H23NO4S. The van der Waals surface area contributed by atoms with E-state index in [1.807, 2.05) is 32.0 Å². The smallest absolute Gasteiger partial charge is 0.235 e. The lowest BCUT2D eigenvalue weighted by Gasteiger charge is -2.14. The van der Waals surface area contributed by atoms with Crippen LogP contribution >= 0.6 is 0 Å². The van der Waals surface area contributed by atoms with Crippen molar-refractivity contribution in [3.8, 4) is 0 Å². The molecule has 0 saturated heterocycles. The number of para-hydroxylation sites is 1. The van der Waals surface area contributed by atoms with Crippen LogP contribution in [0.3, 0.4) is 0 Å². The summed E-state index contributed by atoms with van der Waals surface area (Å²) >= 11 is 0. The van der Waals surface area contributed by atoms with E-state index in [2.05, 4.69) is 4.72 Å². The van der Waals surface area contributed by atoms with Crippen molar-refractivity contribution in [2.75, 3.05) is 37.4 Å². The normalized spacial score (nSPS) is 11.8. The molecule has 114 valence electrons. The van der Waals surface area contributed by atoms with Crippen molar-refractivity contribution in [1.29, 1.82) is 0 Å². The molecule has 1 rings (SSSR count).